The molecule has 0 spiro atoms. The SMILES string of the molecule is COc1cc(C)c(S(=O)(=O)N(C)CCOCC(=O)N(C)CC[C@H]2CC[C@H](CN3CCCC3)C2(C)C)c(C)c1. The lowest BCUT2D eigenvalue weighted by molar-refractivity contribution is -0.135. The highest BCUT2D eigenvalue weighted by Crippen LogP contribution is 2.49. The summed E-state index contributed by atoms with van der Waals surface area (Å²) in [4.78, 5) is 17.3. The molecule has 1 heterocycles. The molecule has 216 valence electrons. The number of methoxy groups -OCH3 is 1. The Bertz CT molecular complexity index is 1030. The molecule has 1 aromatic rings. The fraction of sp³-hybridized carbons (Fsp3) is 0.759. The third-order valence-electron chi connectivity index (χ3n) is 9.00. The van der Waals surface area contributed by atoms with Crippen LogP contribution in [0.1, 0.15) is 57.1 Å². The number of likely N-dealkylation sites (N-methyl/N-ethyl adjacent to an activating group) is 2. The van der Waals surface area contributed by atoms with E-state index in [9.17, 15) is 13.2 Å². The van der Waals surface area contributed by atoms with Crippen molar-refractivity contribution in [1.29, 1.82) is 0 Å². The molecule has 0 radical (unpaired) electrons. The summed E-state index contributed by atoms with van der Waals surface area (Å²) in [7, 11) is 1.25. The molecule has 38 heavy (non-hydrogen) atoms. The smallest absolute Gasteiger partial charge is 0.248 e. The predicted molar refractivity (Wildman–Crippen MR) is 151 cm³/mol. The zero-order valence-corrected chi connectivity index (χ0v) is 25.4. The van der Waals surface area contributed by atoms with Crippen LogP contribution in [-0.2, 0) is 19.6 Å². The van der Waals surface area contributed by atoms with Crippen molar-refractivity contribution in [3.8, 4) is 5.75 Å². The summed E-state index contributed by atoms with van der Waals surface area (Å²) in [5.74, 6) is 1.91. The number of ether oxygens (including phenoxy) is 2. The van der Waals surface area contributed by atoms with Crippen molar-refractivity contribution < 1.29 is 22.7 Å². The van der Waals surface area contributed by atoms with Gasteiger partial charge >= 0.3 is 0 Å². The number of carbonyl (C=O) groups is 1. The van der Waals surface area contributed by atoms with Crippen molar-refractivity contribution in [2.24, 2.45) is 17.3 Å². The van der Waals surface area contributed by atoms with Gasteiger partial charge in [0, 0.05) is 33.7 Å². The van der Waals surface area contributed by atoms with Gasteiger partial charge in [0.05, 0.1) is 18.6 Å². The zero-order chi connectivity index (χ0) is 28.1. The van der Waals surface area contributed by atoms with Gasteiger partial charge in [0.1, 0.15) is 12.4 Å². The molecule has 1 saturated heterocycles. The fourth-order valence-electron chi connectivity index (χ4n) is 6.25. The second kappa shape index (κ2) is 13.1. The molecule has 2 fully saturated rings. The Hall–Kier alpha value is -1.68. The molecule has 1 amide bonds. The first kappa shape index (κ1) is 30.9. The van der Waals surface area contributed by atoms with Crippen LogP contribution in [0.5, 0.6) is 5.75 Å². The zero-order valence-electron chi connectivity index (χ0n) is 24.6. The summed E-state index contributed by atoms with van der Waals surface area (Å²) < 4.78 is 38.4. The number of amides is 1. The third-order valence-corrected chi connectivity index (χ3v) is 11.2. The largest absolute Gasteiger partial charge is 0.497 e. The van der Waals surface area contributed by atoms with Crippen molar-refractivity contribution >= 4 is 15.9 Å². The number of nitrogens with zero attached hydrogens (tertiary/aromatic N) is 3. The first-order valence-corrected chi connectivity index (χ1v) is 15.5. The highest BCUT2D eigenvalue weighted by molar-refractivity contribution is 7.89. The number of carbonyl (C=O) groups excluding carboxylic acids is 1. The van der Waals surface area contributed by atoms with E-state index in [4.69, 9.17) is 9.47 Å². The van der Waals surface area contributed by atoms with Crippen LogP contribution in [0.4, 0.5) is 0 Å². The first-order chi connectivity index (χ1) is 17.9. The maximum atomic E-state index is 13.1. The number of aryl methyl sites for hydroxylation is 2. The van der Waals surface area contributed by atoms with Gasteiger partial charge in [0.15, 0.2) is 0 Å². The van der Waals surface area contributed by atoms with Crippen LogP contribution in [-0.4, -0.2) is 95.6 Å². The van der Waals surface area contributed by atoms with E-state index >= 15 is 0 Å². The molecule has 3 rings (SSSR count). The number of likely N-dealkylation sites (tertiary alicyclic amines) is 1. The van der Waals surface area contributed by atoms with Crippen molar-refractivity contribution in [3.63, 3.8) is 0 Å². The van der Waals surface area contributed by atoms with Crippen LogP contribution in [0.2, 0.25) is 0 Å². The summed E-state index contributed by atoms with van der Waals surface area (Å²) >= 11 is 0. The van der Waals surface area contributed by atoms with Gasteiger partial charge in [-0.05, 0) is 99.6 Å². The van der Waals surface area contributed by atoms with E-state index in [1.54, 1.807) is 38.0 Å². The van der Waals surface area contributed by atoms with Gasteiger partial charge in [-0.15, -0.1) is 0 Å². The minimum atomic E-state index is -3.68. The van der Waals surface area contributed by atoms with Crippen molar-refractivity contribution in [2.45, 2.75) is 64.7 Å². The number of rotatable bonds is 13. The van der Waals surface area contributed by atoms with Gasteiger partial charge in [-0.1, -0.05) is 13.8 Å². The van der Waals surface area contributed by atoms with Crippen molar-refractivity contribution in [3.05, 3.63) is 23.3 Å². The van der Waals surface area contributed by atoms with Crippen LogP contribution in [0.3, 0.4) is 0 Å². The normalized spacial score (nSPS) is 21.8. The van der Waals surface area contributed by atoms with E-state index in [0.717, 1.165) is 18.9 Å². The molecule has 2 aliphatic rings. The van der Waals surface area contributed by atoms with Crippen LogP contribution >= 0.6 is 0 Å². The average molecular weight is 552 g/mol. The van der Waals surface area contributed by atoms with E-state index in [0.29, 0.717) is 28.2 Å². The molecule has 1 aliphatic carbocycles. The van der Waals surface area contributed by atoms with Gasteiger partial charge < -0.3 is 19.3 Å². The van der Waals surface area contributed by atoms with Crippen LogP contribution in [0, 0.1) is 31.1 Å². The number of sulfonamides is 1. The highest BCUT2D eigenvalue weighted by atomic mass is 32.2. The van der Waals surface area contributed by atoms with Gasteiger partial charge in [0.25, 0.3) is 0 Å². The summed E-state index contributed by atoms with van der Waals surface area (Å²) in [6.45, 7) is 13.1. The highest BCUT2D eigenvalue weighted by Gasteiger charge is 2.43. The van der Waals surface area contributed by atoms with E-state index < -0.39 is 10.0 Å². The number of benzene rings is 1. The molecule has 0 aromatic heterocycles. The first-order valence-electron chi connectivity index (χ1n) is 14.0. The Morgan fingerprint density at radius 2 is 1.66 bits per heavy atom. The van der Waals surface area contributed by atoms with Crippen molar-refractivity contribution in [1.82, 2.24) is 14.1 Å². The van der Waals surface area contributed by atoms with E-state index in [1.165, 1.54) is 56.7 Å². The Labute approximate surface area is 230 Å². The molecule has 2 atom stereocenters. The topological polar surface area (TPSA) is 79.4 Å². The van der Waals surface area contributed by atoms with Gasteiger partial charge in [-0.2, -0.15) is 4.31 Å². The lowest BCUT2D eigenvalue weighted by Crippen LogP contribution is -2.37. The summed E-state index contributed by atoms with van der Waals surface area (Å²) in [6.07, 6.45) is 6.19. The number of hydrogen-bond donors (Lipinski definition) is 0. The van der Waals surface area contributed by atoms with Gasteiger partial charge in [-0.25, -0.2) is 8.42 Å². The molecular weight excluding hydrogens is 502 g/mol. The van der Waals surface area contributed by atoms with E-state index in [2.05, 4.69) is 18.7 Å². The molecular formula is C29H49N3O5S. The summed E-state index contributed by atoms with van der Waals surface area (Å²) in [5, 5.41) is 0. The standard InChI is InChI=1S/C29H49N3O5S/c1-22-18-26(36-7)19-23(2)28(22)38(34,35)31(6)16-17-37-21-27(33)30(5)15-12-24-10-11-25(29(24,3)4)20-32-13-8-9-14-32/h18-19,24-25H,8-17,20-21H2,1-7H3/t24-,25-/m1/s1. The van der Waals surface area contributed by atoms with Crippen LogP contribution in [0.25, 0.3) is 0 Å². The third kappa shape index (κ3) is 7.29. The Morgan fingerprint density at radius 3 is 2.26 bits per heavy atom. The Morgan fingerprint density at radius 1 is 1.05 bits per heavy atom. The van der Waals surface area contributed by atoms with Crippen LogP contribution in [0.15, 0.2) is 17.0 Å². The fourth-order valence-corrected chi connectivity index (χ4v) is 7.81. The molecule has 9 heteroatoms. The van der Waals surface area contributed by atoms with E-state index in [-0.39, 0.29) is 30.6 Å². The van der Waals surface area contributed by atoms with E-state index in [1.807, 2.05) is 7.05 Å². The average Bonchev–Trinajstić information content (AvgIpc) is 3.46. The Balaban J connectivity index is 1.41. The second-order valence-corrected chi connectivity index (χ2v) is 13.9. The molecule has 1 aliphatic heterocycles. The monoisotopic (exact) mass is 551 g/mol. The second-order valence-electron chi connectivity index (χ2n) is 11.9. The molecule has 1 aromatic carbocycles. The molecule has 1 saturated carbocycles. The maximum Gasteiger partial charge on any atom is 0.248 e. The maximum absolute atomic E-state index is 13.1. The molecule has 0 bridgehead atoms. The summed E-state index contributed by atoms with van der Waals surface area (Å²) in [5.41, 5.74) is 1.57. The predicted octanol–water partition coefficient (Wildman–Crippen LogP) is 3.95. The Kier molecular flexibility index (Phi) is 10.6. The van der Waals surface area contributed by atoms with Crippen molar-refractivity contribution in [2.75, 3.05) is 67.1 Å². The minimum Gasteiger partial charge on any atom is -0.497 e. The minimum absolute atomic E-state index is 0.0450. The quantitative estimate of drug-likeness (QED) is 0.346. The molecule has 8 nitrogen and oxygen atoms in total. The molecule has 0 N–H and O–H groups in total. The lowest BCUT2D eigenvalue weighted by atomic mass is 9.74. The molecule has 0 unspecified atom stereocenters. The van der Waals surface area contributed by atoms with Gasteiger partial charge in [0.2, 0.25) is 15.9 Å². The lowest BCUT2D eigenvalue weighted by Gasteiger charge is -2.36. The van der Waals surface area contributed by atoms with Crippen LogP contribution < -0.4 is 4.74 Å². The van der Waals surface area contributed by atoms with Gasteiger partial charge in [-0.3, -0.25) is 4.79 Å². The number of hydrogen-bond acceptors (Lipinski definition) is 6. The summed E-state index contributed by atoms with van der Waals surface area (Å²) in [6, 6.07) is 3.44.